The number of methoxy groups -OCH3 is 1. The zero-order valence-corrected chi connectivity index (χ0v) is 12.4. The van der Waals surface area contributed by atoms with Crippen LogP contribution in [0.15, 0.2) is 10.5 Å². The zero-order valence-electron chi connectivity index (χ0n) is 12.4. The number of aromatic carboxylic acids is 1. The lowest BCUT2D eigenvalue weighted by atomic mass is 10.1. The van der Waals surface area contributed by atoms with Crippen molar-refractivity contribution in [2.45, 2.75) is 39.3 Å². The van der Waals surface area contributed by atoms with Gasteiger partial charge in [-0.1, -0.05) is 0 Å². The van der Waals surface area contributed by atoms with Crippen molar-refractivity contribution in [3.63, 3.8) is 0 Å². The molecule has 1 fully saturated rings. The summed E-state index contributed by atoms with van der Waals surface area (Å²) in [4.78, 5) is 13.3. The summed E-state index contributed by atoms with van der Waals surface area (Å²) in [5, 5.41) is 9.03. The van der Waals surface area contributed by atoms with Gasteiger partial charge in [-0.15, -0.1) is 0 Å². The fourth-order valence-corrected chi connectivity index (χ4v) is 2.55. The van der Waals surface area contributed by atoms with Gasteiger partial charge in [0.1, 0.15) is 5.76 Å². The van der Waals surface area contributed by atoms with E-state index in [0.29, 0.717) is 30.5 Å². The van der Waals surface area contributed by atoms with Gasteiger partial charge in [-0.2, -0.15) is 0 Å². The lowest BCUT2D eigenvalue weighted by molar-refractivity contribution is 0.0652. The molecule has 0 bridgehead atoms. The predicted molar refractivity (Wildman–Crippen MR) is 74.9 cm³/mol. The van der Waals surface area contributed by atoms with Gasteiger partial charge in [0, 0.05) is 25.3 Å². The van der Waals surface area contributed by atoms with Gasteiger partial charge in [-0.25, -0.2) is 4.79 Å². The van der Waals surface area contributed by atoms with E-state index in [1.54, 1.807) is 14.0 Å². The minimum atomic E-state index is -1.01. The highest BCUT2D eigenvalue weighted by Gasteiger charge is 2.32. The average Bonchev–Trinajstić information content (AvgIpc) is 3.17. The van der Waals surface area contributed by atoms with Gasteiger partial charge in [-0.05, 0) is 38.7 Å². The molecule has 1 saturated carbocycles. The van der Waals surface area contributed by atoms with E-state index in [2.05, 4.69) is 11.8 Å². The highest BCUT2D eigenvalue weighted by Crippen LogP contribution is 2.35. The number of carboxylic acid groups (broad SMARTS) is 1. The van der Waals surface area contributed by atoms with E-state index in [-0.39, 0.29) is 5.76 Å². The molecule has 1 N–H and O–H groups in total. The third-order valence-electron chi connectivity index (χ3n) is 3.98. The van der Waals surface area contributed by atoms with E-state index in [9.17, 15) is 4.79 Å². The van der Waals surface area contributed by atoms with Crippen molar-refractivity contribution in [2.75, 3.05) is 20.3 Å². The van der Waals surface area contributed by atoms with Gasteiger partial charge in [0.15, 0.2) is 0 Å². The maximum Gasteiger partial charge on any atom is 0.372 e. The lowest BCUT2D eigenvalue weighted by Crippen LogP contribution is -2.36. The Labute approximate surface area is 119 Å². The summed E-state index contributed by atoms with van der Waals surface area (Å²) in [5.41, 5.74) is 0.679. The molecule has 0 aliphatic heterocycles. The summed E-state index contributed by atoms with van der Waals surface area (Å²) >= 11 is 0. The first-order chi connectivity index (χ1) is 9.52. The largest absolute Gasteiger partial charge is 0.475 e. The van der Waals surface area contributed by atoms with Crippen LogP contribution in [-0.4, -0.2) is 42.3 Å². The van der Waals surface area contributed by atoms with Gasteiger partial charge in [0.05, 0.1) is 13.2 Å². The molecule has 0 saturated heterocycles. The fraction of sp³-hybridized carbons (Fsp3) is 0.667. The number of carbonyl (C=O) groups is 1. The molecule has 5 nitrogen and oxygen atoms in total. The molecule has 1 aliphatic carbocycles. The first kappa shape index (κ1) is 15.1. The van der Waals surface area contributed by atoms with Crippen LogP contribution in [0.5, 0.6) is 0 Å². The maximum absolute atomic E-state index is 11.0. The molecule has 1 heterocycles. The molecule has 1 aromatic heterocycles. The van der Waals surface area contributed by atoms with E-state index in [0.717, 1.165) is 12.5 Å². The Morgan fingerprint density at radius 2 is 2.30 bits per heavy atom. The number of rotatable bonds is 8. The molecule has 1 atom stereocenters. The summed E-state index contributed by atoms with van der Waals surface area (Å²) in [6, 6.07) is 2.30. The molecule has 1 aromatic rings. The first-order valence-electron chi connectivity index (χ1n) is 7.08. The van der Waals surface area contributed by atoms with Gasteiger partial charge in [0.2, 0.25) is 5.76 Å². The van der Waals surface area contributed by atoms with Crippen LogP contribution in [0.4, 0.5) is 0 Å². The molecule has 5 heteroatoms. The summed E-state index contributed by atoms with van der Waals surface area (Å²) in [6.45, 7) is 6.12. The molecule has 1 aliphatic rings. The molecule has 112 valence electrons. The topological polar surface area (TPSA) is 62.9 Å². The van der Waals surface area contributed by atoms with Gasteiger partial charge >= 0.3 is 5.97 Å². The van der Waals surface area contributed by atoms with E-state index in [1.807, 2.05) is 6.07 Å². The summed E-state index contributed by atoms with van der Waals surface area (Å²) in [6.07, 6.45) is 2.56. The molecule has 0 aromatic carbocycles. The molecule has 0 spiro atoms. The third kappa shape index (κ3) is 3.61. The normalized spacial score (nSPS) is 16.6. The van der Waals surface area contributed by atoms with Crippen molar-refractivity contribution >= 4 is 5.97 Å². The smallest absolute Gasteiger partial charge is 0.372 e. The van der Waals surface area contributed by atoms with Crippen molar-refractivity contribution in [3.05, 3.63) is 23.2 Å². The Balaban J connectivity index is 2.05. The number of ether oxygens (including phenoxy) is 1. The van der Waals surface area contributed by atoms with Crippen molar-refractivity contribution in [1.82, 2.24) is 4.90 Å². The Morgan fingerprint density at radius 3 is 2.80 bits per heavy atom. The van der Waals surface area contributed by atoms with Crippen LogP contribution in [0, 0.1) is 12.8 Å². The second-order valence-corrected chi connectivity index (χ2v) is 5.57. The maximum atomic E-state index is 11.0. The standard InChI is InChI=1S/C15H23NO4/c1-10-8-13(20-14(10)15(17)18)9-16(6-7-19-3)11(2)12-4-5-12/h8,11-12H,4-7,9H2,1-3H3,(H,17,18). The summed E-state index contributed by atoms with van der Waals surface area (Å²) < 4.78 is 10.6. The lowest BCUT2D eigenvalue weighted by Gasteiger charge is -2.28. The average molecular weight is 281 g/mol. The predicted octanol–water partition coefficient (Wildman–Crippen LogP) is 2.53. The molecule has 0 radical (unpaired) electrons. The Kier molecular flexibility index (Phi) is 4.83. The molecular formula is C15H23NO4. The SMILES string of the molecule is COCCN(Cc1cc(C)c(C(=O)O)o1)C(C)C1CC1. The van der Waals surface area contributed by atoms with E-state index < -0.39 is 5.97 Å². The number of hydrogen-bond acceptors (Lipinski definition) is 4. The van der Waals surface area contributed by atoms with Crippen LogP contribution >= 0.6 is 0 Å². The van der Waals surface area contributed by atoms with Crippen LogP contribution < -0.4 is 0 Å². The Morgan fingerprint density at radius 1 is 1.60 bits per heavy atom. The van der Waals surface area contributed by atoms with Crippen LogP contribution in [0.25, 0.3) is 0 Å². The second-order valence-electron chi connectivity index (χ2n) is 5.57. The molecule has 20 heavy (non-hydrogen) atoms. The van der Waals surface area contributed by atoms with E-state index >= 15 is 0 Å². The minimum absolute atomic E-state index is 0.0470. The van der Waals surface area contributed by atoms with Gasteiger partial charge in [0.25, 0.3) is 0 Å². The number of nitrogens with zero attached hydrogens (tertiary/aromatic N) is 1. The Bertz CT molecular complexity index is 464. The molecule has 2 rings (SSSR count). The van der Waals surface area contributed by atoms with Crippen molar-refractivity contribution in [1.29, 1.82) is 0 Å². The van der Waals surface area contributed by atoms with Crippen LogP contribution in [0.2, 0.25) is 0 Å². The second kappa shape index (κ2) is 6.41. The molecular weight excluding hydrogens is 258 g/mol. The number of carboxylic acids is 1. The minimum Gasteiger partial charge on any atom is -0.475 e. The zero-order chi connectivity index (χ0) is 14.7. The third-order valence-corrected chi connectivity index (χ3v) is 3.98. The number of hydrogen-bond donors (Lipinski definition) is 1. The van der Waals surface area contributed by atoms with Gasteiger partial charge in [-0.3, -0.25) is 4.90 Å². The number of furan rings is 1. The van der Waals surface area contributed by atoms with Crippen LogP contribution in [-0.2, 0) is 11.3 Å². The molecule has 0 amide bonds. The Hall–Kier alpha value is -1.33. The first-order valence-corrected chi connectivity index (χ1v) is 7.08. The number of aryl methyl sites for hydroxylation is 1. The van der Waals surface area contributed by atoms with Gasteiger partial charge < -0.3 is 14.3 Å². The fourth-order valence-electron chi connectivity index (χ4n) is 2.55. The van der Waals surface area contributed by atoms with Crippen molar-refractivity contribution in [3.8, 4) is 0 Å². The summed E-state index contributed by atoms with van der Waals surface area (Å²) in [5.74, 6) is 0.503. The summed E-state index contributed by atoms with van der Waals surface area (Å²) in [7, 11) is 1.69. The molecule has 1 unspecified atom stereocenters. The van der Waals surface area contributed by atoms with Crippen molar-refractivity contribution in [2.24, 2.45) is 5.92 Å². The van der Waals surface area contributed by atoms with E-state index in [1.165, 1.54) is 12.8 Å². The van der Waals surface area contributed by atoms with E-state index in [4.69, 9.17) is 14.3 Å². The van der Waals surface area contributed by atoms with Crippen LogP contribution in [0.3, 0.4) is 0 Å². The highest BCUT2D eigenvalue weighted by molar-refractivity contribution is 5.86. The van der Waals surface area contributed by atoms with Crippen molar-refractivity contribution < 1.29 is 19.1 Å². The quantitative estimate of drug-likeness (QED) is 0.793. The highest BCUT2D eigenvalue weighted by atomic mass is 16.5. The van der Waals surface area contributed by atoms with Crippen LogP contribution in [0.1, 0.15) is 41.6 Å². The monoisotopic (exact) mass is 281 g/mol.